The van der Waals surface area contributed by atoms with Crippen molar-refractivity contribution < 1.29 is 18.0 Å². The van der Waals surface area contributed by atoms with Crippen molar-refractivity contribution in [2.45, 2.75) is 29.7 Å². The molecule has 0 aromatic carbocycles. The molecule has 3 heterocycles. The smallest absolute Gasteiger partial charge is 0.290 e. The molecule has 0 saturated carbocycles. The van der Waals surface area contributed by atoms with E-state index in [2.05, 4.69) is 15.2 Å². The van der Waals surface area contributed by atoms with Crippen LogP contribution in [-0.4, -0.2) is 41.2 Å². The van der Waals surface area contributed by atoms with Crippen molar-refractivity contribution in [1.82, 2.24) is 15.2 Å². The van der Waals surface area contributed by atoms with Gasteiger partial charge in [0.15, 0.2) is 0 Å². The first-order chi connectivity index (χ1) is 12.1. The third-order valence-electron chi connectivity index (χ3n) is 4.13. The summed E-state index contributed by atoms with van der Waals surface area (Å²) in [4.78, 5) is 18.6. The first-order valence-corrected chi connectivity index (χ1v) is 8.98. The van der Waals surface area contributed by atoms with Crippen LogP contribution in [0.2, 0.25) is 0 Å². The topological polar surface area (TPSA) is 58.4 Å². The van der Waals surface area contributed by atoms with Gasteiger partial charge in [0.25, 0.3) is 11.7 Å². The predicted molar refractivity (Wildman–Crippen MR) is 90.7 cm³/mol. The molecule has 0 spiro atoms. The lowest BCUT2D eigenvalue weighted by Gasteiger charge is -2.26. The molecule has 2 aromatic heterocycles. The van der Waals surface area contributed by atoms with E-state index >= 15 is 0 Å². The third kappa shape index (κ3) is 4.58. The average Bonchev–Trinajstić information content (AvgIpc) is 3.29. The second kappa shape index (κ2) is 8.44. The predicted octanol–water partition coefficient (Wildman–Crippen LogP) is 3.56. The van der Waals surface area contributed by atoms with Gasteiger partial charge < -0.3 is 9.73 Å². The van der Waals surface area contributed by atoms with Gasteiger partial charge in [-0.1, -0.05) is 0 Å². The van der Waals surface area contributed by atoms with Gasteiger partial charge in [0, 0.05) is 12.7 Å². The first-order valence-electron chi connectivity index (χ1n) is 8.10. The number of alkyl halides is 2. The van der Waals surface area contributed by atoms with Crippen LogP contribution in [0.5, 0.6) is 0 Å². The minimum absolute atomic E-state index is 0.0331. The monoisotopic (exact) mass is 367 g/mol. The standard InChI is InChI=1S/C17H19F2N3O2S/c18-17(19)25-16-12(5-3-7-20-16)15(23)21-11-13(14-6-4-10-24-14)22-8-1-2-9-22/h3-7,10,13,17H,1-2,8-9,11H2,(H,21,23). The van der Waals surface area contributed by atoms with Crippen molar-refractivity contribution in [3.05, 3.63) is 48.0 Å². The van der Waals surface area contributed by atoms with Crippen LogP contribution in [-0.2, 0) is 0 Å². The summed E-state index contributed by atoms with van der Waals surface area (Å²) in [5.74, 6) is -2.25. The minimum Gasteiger partial charge on any atom is -0.468 e. The quantitative estimate of drug-likeness (QED) is 0.759. The van der Waals surface area contributed by atoms with E-state index in [9.17, 15) is 13.6 Å². The number of rotatable bonds is 7. The molecule has 134 valence electrons. The van der Waals surface area contributed by atoms with Crippen molar-refractivity contribution in [3.8, 4) is 0 Å². The highest BCUT2D eigenvalue weighted by molar-refractivity contribution is 7.99. The maximum Gasteiger partial charge on any atom is 0.290 e. The molecule has 0 bridgehead atoms. The van der Waals surface area contributed by atoms with Crippen LogP contribution in [0.3, 0.4) is 0 Å². The Kier molecular flexibility index (Phi) is 6.04. The molecule has 1 saturated heterocycles. The highest BCUT2D eigenvalue weighted by Gasteiger charge is 2.26. The number of hydrogen-bond acceptors (Lipinski definition) is 5. The summed E-state index contributed by atoms with van der Waals surface area (Å²) in [6.07, 6.45) is 5.24. The van der Waals surface area contributed by atoms with Crippen molar-refractivity contribution in [2.24, 2.45) is 0 Å². The van der Waals surface area contributed by atoms with Crippen LogP contribution in [0.4, 0.5) is 8.78 Å². The van der Waals surface area contributed by atoms with E-state index in [1.165, 1.54) is 12.3 Å². The molecule has 25 heavy (non-hydrogen) atoms. The lowest BCUT2D eigenvalue weighted by Crippen LogP contribution is -2.36. The normalized spacial score (nSPS) is 16.3. The molecule has 3 rings (SSSR count). The summed E-state index contributed by atoms with van der Waals surface area (Å²) < 4.78 is 30.8. The molecular weight excluding hydrogens is 348 g/mol. The van der Waals surface area contributed by atoms with E-state index in [0.29, 0.717) is 6.54 Å². The number of thioether (sulfide) groups is 1. The Morgan fingerprint density at radius 1 is 1.32 bits per heavy atom. The van der Waals surface area contributed by atoms with E-state index in [-0.39, 0.29) is 28.4 Å². The maximum absolute atomic E-state index is 12.6. The molecule has 1 N–H and O–H groups in total. The van der Waals surface area contributed by atoms with E-state index in [1.807, 2.05) is 12.1 Å². The van der Waals surface area contributed by atoms with Gasteiger partial charge in [-0.2, -0.15) is 8.78 Å². The Bertz CT molecular complexity index is 691. The summed E-state index contributed by atoms with van der Waals surface area (Å²) in [5, 5.41) is 2.87. The molecule has 1 atom stereocenters. The molecule has 0 aliphatic carbocycles. The highest BCUT2D eigenvalue weighted by Crippen LogP contribution is 2.27. The third-order valence-corrected chi connectivity index (χ3v) is 4.85. The van der Waals surface area contributed by atoms with Crippen molar-refractivity contribution >= 4 is 17.7 Å². The van der Waals surface area contributed by atoms with E-state index in [0.717, 1.165) is 31.7 Å². The van der Waals surface area contributed by atoms with Crippen molar-refractivity contribution in [2.75, 3.05) is 19.6 Å². The average molecular weight is 367 g/mol. The molecule has 1 aliphatic rings. The number of nitrogens with one attached hydrogen (secondary N) is 1. The van der Waals surface area contributed by atoms with Gasteiger partial charge in [-0.05, 0) is 62.0 Å². The Labute approximate surface area is 148 Å². The molecule has 1 amide bonds. The van der Waals surface area contributed by atoms with Crippen LogP contribution in [0.1, 0.15) is 35.0 Å². The zero-order valence-corrected chi connectivity index (χ0v) is 14.3. The van der Waals surface area contributed by atoms with Gasteiger partial charge in [0.1, 0.15) is 10.8 Å². The fraction of sp³-hybridized carbons (Fsp3) is 0.412. The lowest BCUT2D eigenvalue weighted by molar-refractivity contribution is 0.0930. The van der Waals surface area contributed by atoms with Crippen LogP contribution < -0.4 is 5.32 Å². The number of halogens is 2. The van der Waals surface area contributed by atoms with E-state index in [4.69, 9.17) is 4.42 Å². The molecule has 2 aromatic rings. The number of pyridine rings is 1. The second-order valence-corrected chi connectivity index (χ2v) is 6.70. The zero-order valence-electron chi connectivity index (χ0n) is 13.5. The first kappa shape index (κ1) is 17.9. The maximum atomic E-state index is 12.6. The van der Waals surface area contributed by atoms with Crippen LogP contribution in [0, 0.1) is 0 Å². The molecule has 8 heteroatoms. The minimum atomic E-state index is -2.62. The molecule has 1 fully saturated rings. The number of furan rings is 1. The number of carbonyl (C=O) groups is 1. The van der Waals surface area contributed by atoms with Gasteiger partial charge in [0.2, 0.25) is 0 Å². The van der Waals surface area contributed by atoms with Gasteiger partial charge in [-0.3, -0.25) is 9.69 Å². The Hall–Kier alpha value is -1.93. The molecule has 1 aliphatic heterocycles. The SMILES string of the molecule is O=C(NCC(c1ccco1)N1CCCC1)c1cccnc1SC(F)F. The molecule has 5 nitrogen and oxygen atoms in total. The number of hydrogen-bond donors (Lipinski definition) is 1. The fourth-order valence-corrected chi connectivity index (χ4v) is 3.55. The van der Waals surface area contributed by atoms with Crippen molar-refractivity contribution in [1.29, 1.82) is 0 Å². The Morgan fingerprint density at radius 2 is 2.12 bits per heavy atom. The van der Waals surface area contributed by atoms with Gasteiger partial charge >= 0.3 is 0 Å². The molecule has 1 unspecified atom stereocenters. The summed E-state index contributed by atoms with van der Waals surface area (Å²) in [5.41, 5.74) is 0.160. The van der Waals surface area contributed by atoms with Crippen LogP contribution in [0.25, 0.3) is 0 Å². The van der Waals surface area contributed by atoms with Crippen LogP contribution in [0.15, 0.2) is 46.2 Å². The number of carbonyl (C=O) groups excluding carboxylic acids is 1. The Morgan fingerprint density at radius 3 is 2.80 bits per heavy atom. The van der Waals surface area contributed by atoms with Gasteiger partial charge in [0.05, 0.1) is 17.9 Å². The second-order valence-electron chi connectivity index (χ2n) is 5.72. The largest absolute Gasteiger partial charge is 0.468 e. The highest BCUT2D eigenvalue weighted by atomic mass is 32.2. The lowest BCUT2D eigenvalue weighted by atomic mass is 10.2. The number of amides is 1. The zero-order chi connectivity index (χ0) is 17.6. The molecular formula is C17H19F2N3O2S. The van der Waals surface area contributed by atoms with Gasteiger partial charge in [-0.25, -0.2) is 4.98 Å². The molecule has 0 radical (unpaired) electrons. The van der Waals surface area contributed by atoms with E-state index < -0.39 is 11.7 Å². The number of nitrogens with zero attached hydrogens (tertiary/aromatic N) is 2. The van der Waals surface area contributed by atoms with Crippen LogP contribution >= 0.6 is 11.8 Å². The van der Waals surface area contributed by atoms with Gasteiger partial charge in [-0.15, -0.1) is 0 Å². The summed E-state index contributed by atoms with van der Waals surface area (Å²) in [6, 6.07) is 6.71. The summed E-state index contributed by atoms with van der Waals surface area (Å²) in [6.45, 7) is 2.24. The summed E-state index contributed by atoms with van der Waals surface area (Å²) >= 11 is 0.276. The Balaban J connectivity index is 1.70. The van der Waals surface area contributed by atoms with Crippen molar-refractivity contribution in [3.63, 3.8) is 0 Å². The number of aromatic nitrogens is 1. The fourth-order valence-electron chi connectivity index (χ4n) is 2.97. The summed E-state index contributed by atoms with van der Waals surface area (Å²) in [7, 11) is 0. The number of likely N-dealkylation sites (tertiary alicyclic amines) is 1. The van der Waals surface area contributed by atoms with E-state index in [1.54, 1.807) is 12.3 Å².